The summed E-state index contributed by atoms with van der Waals surface area (Å²) in [5.41, 5.74) is -5.49. The Morgan fingerprint density at radius 2 is 1.41 bits per heavy atom. The van der Waals surface area contributed by atoms with E-state index < -0.39 is 22.2 Å². The van der Waals surface area contributed by atoms with Crippen molar-refractivity contribution < 1.29 is 21.6 Å². The molecule has 0 aromatic heterocycles. The lowest BCUT2D eigenvalue weighted by Gasteiger charge is -2.55. The third-order valence-corrected chi connectivity index (χ3v) is 5.31. The van der Waals surface area contributed by atoms with E-state index in [1.807, 2.05) is 0 Å². The molecule has 0 N–H and O–H groups in total. The number of halogens is 3. The fourth-order valence-corrected chi connectivity index (χ4v) is 4.96. The highest BCUT2D eigenvalue weighted by Gasteiger charge is 2.55. The Morgan fingerprint density at radius 1 is 1.00 bits per heavy atom. The second-order valence-electron chi connectivity index (χ2n) is 5.86. The summed E-state index contributed by atoms with van der Waals surface area (Å²) < 4.78 is 53.0. The molecular weight excluding hydrogens is 253 g/mol. The van der Waals surface area contributed by atoms with Crippen LogP contribution in [0.2, 0.25) is 0 Å². The molecule has 4 rings (SSSR count). The van der Waals surface area contributed by atoms with Crippen LogP contribution in [0.15, 0.2) is 0 Å². The average Bonchev–Trinajstić information content (AvgIpc) is 2.12. The van der Waals surface area contributed by atoms with E-state index in [4.69, 9.17) is 4.18 Å². The van der Waals surface area contributed by atoms with Gasteiger partial charge in [0, 0.05) is 0 Å². The van der Waals surface area contributed by atoms with Crippen molar-refractivity contribution in [2.24, 2.45) is 17.8 Å². The van der Waals surface area contributed by atoms with Crippen LogP contribution >= 0.6 is 0 Å². The van der Waals surface area contributed by atoms with Gasteiger partial charge >= 0.3 is 5.51 Å². The first-order valence-electron chi connectivity index (χ1n) is 6.04. The third kappa shape index (κ3) is 2.14. The maximum atomic E-state index is 12.3. The number of hydrogen-bond donors (Lipinski definition) is 0. The van der Waals surface area contributed by atoms with Gasteiger partial charge in [-0.2, -0.15) is 13.2 Å². The van der Waals surface area contributed by atoms with E-state index in [2.05, 4.69) is 0 Å². The molecule has 4 aliphatic rings. The van der Waals surface area contributed by atoms with Crippen molar-refractivity contribution in [2.45, 2.75) is 49.6 Å². The minimum Gasteiger partial charge on any atom is -0.277 e. The normalized spacial score (nSPS) is 46.2. The molecular formula is C11H15F3O2S. The predicted octanol–water partition coefficient (Wildman–Crippen LogP) is 3.16. The molecule has 4 bridgehead atoms. The van der Waals surface area contributed by atoms with Crippen molar-refractivity contribution in [1.29, 1.82) is 0 Å². The highest BCUT2D eigenvalue weighted by atomic mass is 32.2. The Balaban J connectivity index is 1.76. The van der Waals surface area contributed by atoms with Crippen LogP contribution in [-0.4, -0.2) is 15.3 Å². The van der Waals surface area contributed by atoms with Crippen molar-refractivity contribution >= 4 is 11.1 Å². The summed E-state index contributed by atoms with van der Waals surface area (Å²) in [4.78, 5) is 0. The molecule has 0 aliphatic heterocycles. The molecule has 1 atom stereocenters. The summed E-state index contributed by atoms with van der Waals surface area (Å²) in [7, 11) is 0. The first-order valence-corrected chi connectivity index (χ1v) is 7.12. The molecule has 4 fully saturated rings. The Hall–Kier alpha value is -0.100. The van der Waals surface area contributed by atoms with Crippen LogP contribution < -0.4 is 0 Å². The van der Waals surface area contributed by atoms with Gasteiger partial charge in [0.15, 0.2) is 0 Å². The summed E-state index contributed by atoms with van der Waals surface area (Å²) in [6, 6.07) is 0. The van der Waals surface area contributed by atoms with Crippen LogP contribution in [0.4, 0.5) is 13.2 Å². The number of rotatable bonds is 2. The number of alkyl halides is 3. The van der Waals surface area contributed by atoms with Crippen LogP contribution in [-0.2, 0) is 15.3 Å². The van der Waals surface area contributed by atoms with Gasteiger partial charge in [-0.05, 0) is 56.3 Å². The first-order chi connectivity index (χ1) is 7.86. The van der Waals surface area contributed by atoms with Gasteiger partial charge in [-0.3, -0.25) is 4.18 Å². The van der Waals surface area contributed by atoms with Crippen LogP contribution in [0.25, 0.3) is 0 Å². The largest absolute Gasteiger partial charge is 0.497 e. The van der Waals surface area contributed by atoms with Gasteiger partial charge in [-0.15, -0.1) is 0 Å². The minimum atomic E-state index is -4.75. The molecule has 0 spiro atoms. The standard InChI is InChI=1S/C11H15F3O2S/c12-11(13,14)17(15)16-10-4-7-1-8(5-10)3-9(2-7)6-10/h7-9H,1-6H2. The maximum Gasteiger partial charge on any atom is 0.497 e. The Morgan fingerprint density at radius 3 is 1.76 bits per heavy atom. The fraction of sp³-hybridized carbons (Fsp3) is 1.00. The quantitative estimate of drug-likeness (QED) is 0.769. The molecule has 0 radical (unpaired) electrons. The van der Waals surface area contributed by atoms with Gasteiger partial charge in [0.2, 0.25) is 0 Å². The first kappa shape index (κ1) is 12.0. The van der Waals surface area contributed by atoms with Crippen molar-refractivity contribution in [3.05, 3.63) is 0 Å². The third-order valence-electron chi connectivity index (χ3n) is 4.42. The summed E-state index contributed by atoms with van der Waals surface area (Å²) in [6.07, 6.45) is 5.38. The summed E-state index contributed by atoms with van der Waals surface area (Å²) in [5.74, 6) is 1.48. The van der Waals surface area contributed by atoms with Gasteiger partial charge in [-0.1, -0.05) is 0 Å². The van der Waals surface area contributed by atoms with Crippen LogP contribution in [0, 0.1) is 17.8 Å². The molecule has 17 heavy (non-hydrogen) atoms. The molecule has 0 heterocycles. The second kappa shape index (κ2) is 3.70. The molecule has 0 aromatic rings. The topological polar surface area (TPSA) is 26.3 Å². The number of hydrogen-bond acceptors (Lipinski definition) is 2. The molecule has 0 saturated heterocycles. The van der Waals surface area contributed by atoms with E-state index in [0.717, 1.165) is 19.3 Å². The van der Waals surface area contributed by atoms with Crippen LogP contribution in [0.1, 0.15) is 38.5 Å². The molecule has 0 aromatic carbocycles. The Labute approximate surface area is 101 Å². The van der Waals surface area contributed by atoms with E-state index >= 15 is 0 Å². The zero-order valence-corrected chi connectivity index (χ0v) is 10.1. The predicted molar refractivity (Wildman–Crippen MR) is 56.2 cm³/mol. The highest BCUT2D eigenvalue weighted by molar-refractivity contribution is 7.81. The van der Waals surface area contributed by atoms with E-state index in [-0.39, 0.29) is 0 Å². The van der Waals surface area contributed by atoms with Crippen LogP contribution in [0.5, 0.6) is 0 Å². The summed E-state index contributed by atoms with van der Waals surface area (Å²) in [5, 5.41) is 0. The van der Waals surface area contributed by atoms with E-state index in [9.17, 15) is 17.4 Å². The molecule has 98 valence electrons. The van der Waals surface area contributed by atoms with Crippen molar-refractivity contribution in [3.8, 4) is 0 Å². The lowest BCUT2D eigenvalue weighted by molar-refractivity contribution is -0.116. The molecule has 4 saturated carbocycles. The van der Waals surface area contributed by atoms with Gasteiger partial charge in [0.25, 0.3) is 11.1 Å². The van der Waals surface area contributed by atoms with E-state index in [0.29, 0.717) is 37.0 Å². The monoisotopic (exact) mass is 268 g/mol. The maximum absolute atomic E-state index is 12.3. The lowest BCUT2D eigenvalue weighted by Crippen LogP contribution is -2.52. The smallest absolute Gasteiger partial charge is 0.277 e. The highest BCUT2D eigenvalue weighted by Crippen LogP contribution is 2.57. The van der Waals surface area contributed by atoms with Gasteiger partial charge in [0.05, 0.1) is 5.60 Å². The van der Waals surface area contributed by atoms with Crippen LogP contribution in [0.3, 0.4) is 0 Å². The zero-order valence-electron chi connectivity index (χ0n) is 9.33. The van der Waals surface area contributed by atoms with E-state index in [1.54, 1.807) is 0 Å². The van der Waals surface area contributed by atoms with Gasteiger partial charge in [0.1, 0.15) is 0 Å². The Kier molecular flexibility index (Phi) is 2.60. The zero-order chi connectivity index (χ0) is 12.3. The molecule has 6 heteroatoms. The van der Waals surface area contributed by atoms with Gasteiger partial charge < -0.3 is 0 Å². The van der Waals surface area contributed by atoms with E-state index in [1.165, 1.54) is 0 Å². The van der Waals surface area contributed by atoms with Crippen molar-refractivity contribution in [3.63, 3.8) is 0 Å². The van der Waals surface area contributed by atoms with Gasteiger partial charge in [-0.25, -0.2) is 4.21 Å². The summed E-state index contributed by atoms with van der Waals surface area (Å²) >= 11 is -3.15. The SMILES string of the molecule is O=S(OC12CC3CC(CC(C3)C1)C2)C(F)(F)F. The van der Waals surface area contributed by atoms with Crippen molar-refractivity contribution in [1.82, 2.24) is 0 Å². The lowest BCUT2D eigenvalue weighted by atomic mass is 9.54. The molecule has 4 aliphatic carbocycles. The molecule has 0 amide bonds. The molecule has 2 nitrogen and oxygen atoms in total. The molecule has 1 unspecified atom stereocenters. The minimum absolute atomic E-state index is 0.492. The summed E-state index contributed by atoms with van der Waals surface area (Å²) in [6.45, 7) is 0. The Bertz CT molecular complexity index is 318. The average molecular weight is 268 g/mol. The second-order valence-corrected chi connectivity index (χ2v) is 6.96. The fourth-order valence-electron chi connectivity index (χ4n) is 4.34. The van der Waals surface area contributed by atoms with Crippen molar-refractivity contribution in [2.75, 3.05) is 0 Å².